The summed E-state index contributed by atoms with van der Waals surface area (Å²) in [6.45, 7) is 2.17. The van der Waals surface area contributed by atoms with Crippen LogP contribution in [0.5, 0.6) is 0 Å². The minimum atomic E-state index is -4.08. The number of ether oxygens (including phenoxy) is 1. The average molecular weight is 320 g/mol. The molecule has 0 aliphatic heterocycles. The van der Waals surface area contributed by atoms with Crippen molar-refractivity contribution in [1.82, 2.24) is 9.71 Å². The minimum absolute atomic E-state index is 0.0417. The van der Waals surface area contributed by atoms with E-state index in [1.54, 1.807) is 0 Å². The number of carboxylic acids is 1. The predicted octanol–water partition coefficient (Wildman–Crippen LogP) is -0.858. The fraction of sp³-hybridized carbons (Fsp3) is 0.455. The second-order valence-electron chi connectivity index (χ2n) is 4.28. The number of aryl methyl sites for hydroxylation is 1. The van der Waals surface area contributed by atoms with Gasteiger partial charge in [-0.2, -0.15) is 0 Å². The highest BCUT2D eigenvalue weighted by molar-refractivity contribution is 7.89. The van der Waals surface area contributed by atoms with E-state index >= 15 is 0 Å². The van der Waals surface area contributed by atoms with Crippen molar-refractivity contribution in [3.63, 3.8) is 0 Å². The summed E-state index contributed by atoms with van der Waals surface area (Å²) < 4.78 is 30.6. The van der Waals surface area contributed by atoms with Gasteiger partial charge in [-0.15, -0.1) is 0 Å². The molecule has 0 aromatic carbocycles. The van der Waals surface area contributed by atoms with Crippen LogP contribution in [0.4, 0.5) is 0 Å². The van der Waals surface area contributed by atoms with Crippen molar-refractivity contribution in [2.24, 2.45) is 0 Å². The Hall–Kier alpha value is -1.91. The Labute approximate surface area is 121 Å². The van der Waals surface area contributed by atoms with Crippen LogP contribution in [0.25, 0.3) is 0 Å². The van der Waals surface area contributed by atoms with Gasteiger partial charge in [0.05, 0.1) is 7.11 Å². The van der Waals surface area contributed by atoms with Gasteiger partial charge in [-0.1, -0.05) is 0 Å². The topological polar surface area (TPSA) is 146 Å². The number of carbonyl (C=O) groups is 2. The van der Waals surface area contributed by atoms with E-state index in [1.165, 1.54) is 13.8 Å². The molecule has 1 rings (SSSR count). The lowest BCUT2D eigenvalue weighted by Gasteiger charge is -2.11. The lowest BCUT2D eigenvalue weighted by molar-refractivity contribution is -0.149. The van der Waals surface area contributed by atoms with Crippen LogP contribution in [-0.2, 0) is 19.6 Å². The summed E-state index contributed by atoms with van der Waals surface area (Å²) >= 11 is 0. The number of sulfonamides is 1. The Morgan fingerprint density at radius 1 is 1.38 bits per heavy atom. The number of aliphatic hydroxyl groups excluding tert-OH is 1. The Morgan fingerprint density at radius 3 is 2.38 bits per heavy atom. The highest BCUT2D eigenvalue weighted by Crippen LogP contribution is 2.22. The molecular weight excluding hydrogens is 304 g/mol. The molecule has 1 aromatic heterocycles. The van der Waals surface area contributed by atoms with Crippen LogP contribution in [0.2, 0.25) is 0 Å². The summed E-state index contributed by atoms with van der Waals surface area (Å²) in [6.07, 6.45) is -1.65. The van der Waals surface area contributed by atoms with Crippen molar-refractivity contribution >= 4 is 22.0 Å². The van der Waals surface area contributed by atoms with Gasteiger partial charge in [-0.3, -0.25) is 0 Å². The molecule has 0 spiro atoms. The van der Waals surface area contributed by atoms with E-state index in [-0.39, 0.29) is 21.8 Å². The van der Waals surface area contributed by atoms with E-state index in [9.17, 15) is 23.1 Å². The molecule has 4 N–H and O–H groups in total. The number of nitrogens with one attached hydrogen (secondary N) is 2. The Kier molecular flexibility index (Phi) is 5.10. The molecule has 0 aliphatic rings. The summed E-state index contributed by atoms with van der Waals surface area (Å²) in [4.78, 5) is 24.2. The fourth-order valence-corrected chi connectivity index (χ4v) is 3.31. The molecule has 1 heterocycles. The van der Waals surface area contributed by atoms with Gasteiger partial charge in [0.15, 0.2) is 6.10 Å². The van der Waals surface area contributed by atoms with Gasteiger partial charge in [-0.05, 0) is 13.8 Å². The largest absolute Gasteiger partial charge is 0.477 e. The maximum Gasteiger partial charge on any atom is 0.352 e. The summed E-state index contributed by atoms with van der Waals surface area (Å²) in [5.41, 5.74) is -0.0496. The molecule has 1 atom stereocenters. The summed E-state index contributed by atoms with van der Waals surface area (Å²) in [5, 5.41) is 18.3. The van der Waals surface area contributed by atoms with Crippen molar-refractivity contribution in [3.05, 3.63) is 17.0 Å². The standard InChI is InChI=1S/C11H16N2O7S/c1-5-8(10(15)16)13-6(2)9(5)21(18,19)12-4-7(14)11(17)20-3/h7,12-14H,4H2,1-3H3,(H,15,16). The zero-order valence-corrected chi connectivity index (χ0v) is 12.4. The molecule has 21 heavy (non-hydrogen) atoms. The monoisotopic (exact) mass is 320 g/mol. The number of esters is 1. The Morgan fingerprint density at radius 2 is 1.95 bits per heavy atom. The van der Waals surface area contributed by atoms with Crippen molar-refractivity contribution in [1.29, 1.82) is 0 Å². The smallest absolute Gasteiger partial charge is 0.352 e. The number of hydrogen-bond acceptors (Lipinski definition) is 6. The van der Waals surface area contributed by atoms with Gasteiger partial charge in [0, 0.05) is 17.8 Å². The van der Waals surface area contributed by atoms with Gasteiger partial charge in [0.1, 0.15) is 10.6 Å². The van der Waals surface area contributed by atoms with Crippen LogP contribution in [0.1, 0.15) is 21.7 Å². The van der Waals surface area contributed by atoms with Gasteiger partial charge in [0.2, 0.25) is 10.0 Å². The number of carboxylic acid groups (broad SMARTS) is 1. The molecule has 0 aliphatic carbocycles. The predicted molar refractivity (Wildman–Crippen MR) is 70.4 cm³/mol. The molecule has 0 fully saturated rings. The first-order valence-electron chi connectivity index (χ1n) is 5.79. The summed E-state index contributed by atoms with van der Waals surface area (Å²) in [5.74, 6) is -2.27. The summed E-state index contributed by atoms with van der Waals surface area (Å²) in [7, 11) is -3.03. The van der Waals surface area contributed by atoms with Crippen molar-refractivity contribution in [3.8, 4) is 0 Å². The zero-order chi connectivity index (χ0) is 16.4. The van der Waals surface area contributed by atoms with Crippen LogP contribution in [-0.4, -0.2) is 55.3 Å². The second-order valence-corrected chi connectivity index (χ2v) is 5.98. The van der Waals surface area contributed by atoms with E-state index in [4.69, 9.17) is 5.11 Å². The molecule has 0 radical (unpaired) electrons. The third-order valence-electron chi connectivity index (χ3n) is 2.79. The first-order valence-corrected chi connectivity index (χ1v) is 7.28. The van der Waals surface area contributed by atoms with Crippen LogP contribution >= 0.6 is 0 Å². The van der Waals surface area contributed by atoms with Crippen molar-refractivity contribution in [2.75, 3.05) is 13.7 Å². The number of aromatic nitrogens is 1. The number of H-pyrrole nitrogens is 1. The van der Waals surface area contributed by atoms with E-state index in [1.807, 2.05) is 4.72 Å². The quantitative estimate of drug-likeness (QED) is 0.499. The number of hydrogen-bond donors (Lipinski definition) is 4. The molecule has 0 saturated heterocycles. The maximum absolute atomic E-state index is 12.1. The Balaban J connectivity index is 3.04. The molecule has 0 amide bonds. The highest BCUT2D eigenvalue weighted by atomic mass is 32.2. The number of rotatable bonds is 6. The van der Waals surface area contributed by atoms with E-state index in [2.05, 4.69) is 9.72 Å². The normalized spacial score (nSPS) is 13.0. The van der Waals surface area contributed by atoms with E-state index in [0.717, 1.165) is 7.11 Å². The molecule has 1 aromatic rings. The van der Waals surface area contributed by atoms with Crippen molar-refractivity contribution < 1.29 is 33.0 Å². The van der Waals surface area contributed by atoms with Crippen LogP contribution in [0.3, 0.4) is 0 Å². The first kappa shape index (κ1) is 17.1. The molecule has 9 nitrogen and oxygen atoms in total. The number of aromatic amines is 1. The SMILES string of the molecule is COC(=O)C(O)CNS(=O)(=O)c1c(C)[nH]c(C(=O)O)c1C. The number of methoxy groups -OCH3 is 1. The van der Waals surface area contributed by atoms with Crippen LogP contribution in [0, 0.1) is 13.8 Å². The zero-order valence-electron chi connectivity index (χ0n) is 11.6. The molecule has 1 unspecified atom stereocenters. The van der Waals surface area contributed by atoms with Gasteiger partial charge in [0.25, 0.3) is 0 Å². The minimum Gasteiger partial charge on any atom is -0.477 e. The van der Waals surface area contributed by atoms with Crippen molar-refractivity contribution in [2.45, 2.75) is 24.8 Å². The lowest BCUT2D eigenvalue weighted by Crippen LogP contribution is -2.37. The molecule has 0 saturated carbocycles. The number of carbonyl (C=O) groups excluding carboxylic acids is 1. The van der Waals surface area contributed by atoms with Gasteiger partial charge in [-0.25, -0.2) is 22.7 Å². The maximum atomic E-state index is 12.1. The van der Waals surface area contributed by atoms with Crippen LogP contribution in [0.15, 0.2) is 4.90 Å². The number of aromatic carboxylic acids is 1. The molecular formula is C11H16N2O7S. The molecule has 0 bridgehead atoms. The first-order chi connectivity index (χ1) is 9.61. The van der Waals surface area contributed by atoms with Gasteiger partial charge >= 0.3 is 11.9 Å². The second kappa shape index (κ2) is 6.24. The summed E-state index contributed by atoms with van der Waals surface area (Å²) in [6, 6.07) is 0. The van der Waals surface area contributed by atoms with E-state index in [0.29, 0.717) is 0 Å². The molecule has 118 valence electrons. The average Bonchev–Trinajstić information content (AvgIpc) is 2.71. The molecule has 10 heteroatoms. The van der Waals surface area contributed by atoms with Crippen LogP contribution < -0.4 is 4.72 Å². The third-order valence-corrected chi connectivity index (χ3v) is 4.49. The van der Waals surface area contributed by atoms with Gasteiger partial charge < -0.3 is 19.9 Å². The third kappa shape index (κ3) is 3.60. The lowest BCUT2D eigenvalue weighted by atomic mass is 10.2. The Bertz CT molecular complexity index is 662. The number of aliphatic hydroxyl groups is 1. The highest BCUT2D eigenvalue weighted by Gasteiger charge is 2.27. The van der Waals surface area contributed by atoms with E-state index < -0.39 is 34.6 Å². The fourth-order valence-electron chi connectivity index (χ4n) is 1.83.